The summed E-state index contributed by atoms with van der Waals surface area (Å²) in [4.78, 5) is 11.6. The largest absolute Gasteiger partial charge is 0.483 e. The summed E-state index contributed by atoms with van der Waals surface area (Å²) in [6.07, 6.45) is 3.55. The second-order valence-corrected chi connectivity index (χ2v) is 4.40. The minimum atomic E-state index is -0.259. The average molecular weight is 270 g/mol. The third-order valence-electron chi connectivity index (χ3n) is 2.81. The highest BCUT2D eigenvalue weighted by Crippen LogP contribution is 2.24. The smallest absolute Gasteiger partial charge is 0.277 e. The third-order valence-corrected chi connectivity index (χ3v) is 2.81. The predicted octanol–water partition coefficient (Wildman–Crippen LogP) is 3.12. The number of hydrazone groups is 1. The van der Waals surface area contributed by atoms with E-state index < -0.39 is 0 Å². The summed E-state index contributed by atoms with van der Waals surface area (Å²) in [5.41, 5.74) is 2.44. The van der Waals surface area contributed by atoms with E-state index in [1.54, 1.807) is 6.21 Å². The van der Waals surface area contributed by atoms with E-state index in [9.17, 15) is 4.79 Å². The number of benzene rings is 2. The number of carbonyl (C=O) groups is 1. The molecule has 104 valence electrons. The number of ether oxygens (including phenoxy) is 1. The Morgan fingerprint density at radius 1 is 1.25 bits per heavy atom. The van der Waals surface area contributed by atoms with Gasteiger partial charge >= 0.3 is 0 Å². The Morgan fingerprint density at radius 2 is 2.05 bits per heavy atom. The summed E-state index contributed by atoms with van der Waals surface area (Å²) in [5, 5.41) is 5.92. The molecule has 0 aliphatic carbocycles. The molecule has 2 aromatic carbocycles. The summed E-state index contributed by atoms with van der Waals surface area (Å²) in [6.45, 7) is 2.01. The first kappa shape index (κ1) is 14.1. The topological polar surface area (TPSA) is 50.7 Å². The molecule has 0 saturated carbocycles. The van der Waals surface area contributed by atoms with Gasteiger partial charge in [0.15, 0.2) is 6.61 Å². The molecule has 1 N–H and O–H groups in total. The molecule has 0 bridgehead atoms. The Balaban J connectivity index is 1.94. The molecule has 2 rings (SSSR count). The molecule has 0 aliphatic rings. The minimum absolute atomic E-state index is 0.0442. The van der Waals surface area contributed by atoms with Crippen molar-refractivity contribution < 1.29 is 9.53 Å². The van der Waals surface area contributed by atoms with Gasteiger partial charge in [0.05, 0.1) is 0 Å². The molecule has 4 heteroatoms. The molecule has 0 atom stereocenters. The zero-order valence-electron chi connectivity index (χ0n) is 11.5. The van der Waals surface area contributed by atoms with Crippen LogP contribution in [0.2, 0.25) is 0 Å². The van der Waals surface area contributed by atoms with Crippen molar-refractivity contribution in [2.24, 2.45) is 5.10 Å². The van der Waals surface area contributed by atoms with Crippen LogP contribution in [0.25, 0.3) is 10.8 Å². The second kappa shape index (κ2) is 7.28. The molecular formula is C16H18N2O2. The molecule has 0 aliphatic heterocycles. The number of hydrogen-bond acceptors (Lipinski definition) is 3. The van der Waals surface area contributed by atoms with Crippen LogP contribution in [0.4, 0.5) is 0 Å². The summed E-state index contributed by atoms with van der Waals surface area (Å²) in [6, 6.07) is 13.7. The summed E-state index contributed by atoms with van der Waals surface area (Å²) in [7, 11) is 0. The minimum Gasteiger partial charge on any atom is -0.483 e. The number of nitrogens with one attached hydrogen (secondary N) is 1. The van der Waals surface area contributed by atoms with Crippen LogP contribution in [0.15, 0.2) is 47.6 Å². The van der Waals surface area contributed by atoms with E-state index >= 15 is 0 Å². The third kappa shape index (κ3) is 3.82. The van der Waals surface area contributed by atoms with Crippen LogP contribution in [0.1, 0.15) is 19.8 Å². The highest BCUT2D eigenvalue weighted by Gasteiger charge is 2.04. The van der Waals surface area contributed by atoms with Crippen LogP contribution in [0, 0.1) is 0 Å². The highest BCUT2D eigenvalue weighted by atomic mass is 16.5. The highest BCUT2D eigenvalue weighted by molar-refractivity contribution is 5.88. The van der Waals surface area contributed by atoms with E-state index in [0.717, 1.165) is 23.6 Å². The van der Waals surface area contributed by atoms with Gasteiger partial charge in [-0.1, -0.05) is 49.7 Å². The molecule has 0 spiro atoms. The van der Waals surface area contributed by atoms with Gasteiger partial charge in [-0.3, -0.25) is 4.79 Å². The van der Waals surface area contributed by atoms with Gasteiger partial charge in [0.1, 0.15) is 5.75 Å². The number of fused-ring (bicyclic) bond motifs is 1. The lowest BCUT2D eigenvalue weighted by Gasteiger charge is -2.08. The van der Waals surface area contributed by atoms with E-state index in [2.05, 4.69) is 17.5 Å². The van der Waals surface area contributed by atoms with Gasteiger partial charge in [0, 0.05) is 11.6 Å². The molecule has 2 aromatic rings. The lowest BCUT2D eigenvalue weighted by Crippen LogP contribution is -2.24. The fraction of sp³-hybridized carbons (Fsp3) is 0.250. The first-order valence-corrected chi connectivity index (χ1v) is 6.72. The predicted molar refractivity (Wildman–Crippen MR) is 81.0 cm³/mol. The van der Waals surface area contributed by atoms with Gasteiger partial charge in [-0.05, 0) is 17.9 Å². The number of hydrogen-bond donors (Lipinski definition) is 1. The maximum Gasteiger partial charge on any atom is 0.277 e. The molecule has 4 nitrogen and oxygen atoms in total. The number of unbranched alkanes of at least 4 members (excludes halogenated alkanes) is 1. The lowest BCUT2D eigenvalue weighted by atomic mass is 10.1. The van der Waals surface area contributed by atoms with Crippen LogP contribution >= 0.6 is 0 Å². The van der Waals surface area contributed by atoms with Crippen LogP contribution < -0.4 is 10.2 Å². The average Bonchev–Trinajstić information content (AvgIpc) is 2.49. The standard InChI is InChI=1S/C16H18N2O2/c1-2-3-11-17-18-16(19)12-20-15-10-6-8-13-7-4-5-9-14(13)15/h4-11H,2-3,12H2,1H3,(H,18,19)/b17-11+. The van der Waals surface area contributed by atoms with Gasteiger partial charge < -0.3 is 4.74 Å². The number of carbonyl (C=O) groups excluding carboxylic acids is 1. The van der Waals surface area contributed by atoms with Crippen LogP contribution in [-0.2, 0) is 4.79 Å². The quantitative estimate of drug-likeness (QED) is 0.647. The molecular weight excluding hydrogens is 252 g/mol. The maximum absolute atomic E-state index is 11.6. The van der Waals surface area contributed by atoms with Gasteiger partial charge in [0.25, 0.3) is 5.91 Å². The fourth-order valence-electron chi connectivity index (χ4n) is 1.81. The second-order valence-electron chi connectivity index (χ2n) is 4.40. The Kier molecular flexibility index (Phi) is 5.12. The molecule has 0 unspecified atom stereocenters. The first-order chi connectivity index (χ1) is 9.81. The van der Waals surface area contributed by atoms with Gasteiger partial charge in [-0.2, -0.15) is 5.10 Å². The van der Waals surface area contributed by atoms with E-state index in [1.807, 2.05) is 42.5 Å². The Bertz CT molecular complexity index is 603. The van der Waals surface area contributed by atoms with Crippen molar-refractivity contribution in [3.8, 4) is 5.75 Å². The molecule has 0 saturated heterocycles. The molecule has 1 amide bonds. The van der Waals surface area contributed by atoms with E-state index in [4.69, 9.17) is 4.74 Å². The molecule has 20 heavy (non-hydrogen) atoms. The Morgan fingerprint density at radius 3 is 2.90 bits per heavy atom. The normalized spacial score (nSPS) is 10.8. The van der Waals surface area contributed by atoms with Crippen molar-refractivity contribution in [2.75, 3.05) is 6.61 Å². The van der Waals surface area contributed by atoms with Gasteiger partial charge in [0.2, 0.25) is 0 Å². The van der Waals surface area contributed by atoms with Crippen molar-refractivity contribution in [1.82, 2.24) is 5.43 Å². The zero-order valence-corrected chi connectivity index (χ0v) is 11.5. The summed E-state index contributed by atoms with van der Waals surface area (Å²) < 4.78 is 5.55. The SMILES string of the molecule is CCC/C=N/NC(=O)COc1cccc2ccccc12. The van der Waals surface area contributed by atoms with Crippen LogP contribution in [-0.4, -0.2) is 18.7 Å². The lowest BCUT2D eigenvalue weighted by molar-refractivity contribution is -0.123. The number of amides is 1. The Labute approximate surface area is 118 Å². The maximum atomic E-state index is 11.6. The van der Waals surface area contributed by atoms with Crippen molar-refractivity contribution in [3.05, 3.63) is 42.5 Å². The number of rotatable bonds is 6. The summed E-state index contributed by atoms with van der Waals surface area (Å²) >= 11 is 0. The fourth-order valence-corrected chi connectivity index (χ4v) is 1.81. The molecule has 0 heterocycles. The van der Waals surface area contributed by atoms with E-state index in [1.165, 1.54) is 0 Å². The van der Waals surface area contributed by atoms with Crippen molar-refractivity contribution in [3.63, 3.8) is 0 Å². The van der Waals surface area contributed by atoms with Gasteiger partial charge in [-0.25, -0.2) is 5.43 Å². The van der Waals surface area contributed by atoms with Crippen LogP contribution in [0.3, 0.4) is 0 Å². The number of nitrogens with zero attached hydrogens (tertiary/aromatic N) is 1. The van der Waals surface area contributed by atoms with Crippen molar-refractivity contribution >= 4 is 22.9 Å². The van der Waals surface area contributed by atoms with E-state index in [0.29, 0.717) is 5.75 Å². The molecule has 0 radical (unpaired) electrons. The summed E-state index contributed by atoms with van der Waals surface area (Å²) in [5.74, 6) is 0.445. The first-order valence-electron chi connectivity index (χ1n) is 6.72. The van der Waals surface area contributed by atoms with Gasteiger partial charge in [-0.15, -0.1) is 0 Å². The Hall–Kier alpha value is -2.36. The van der Waals surface area contributed by atoms with Crippen LogP contribution in [0.5, 0.6) is 5.75 Å². The van der Waals surface area contributed by atoms with Crippen molar-refractivity contribution in [1.29, 1.82) is 0 Å². The van der Waals surface area contributed by atoms with Crippen molar-refractivity contribution in [2.45, 2.75) is 19.8 Å². The zero-order chi connectivity index (χ0) is 14.2. The molecule has 0 fully saturated rings. The molecule has 0 aromatic heterocycles. The monoisotopic (exact) mass is 270 g/mol. The van der Waals surface area contributed by atoms with E-state index in [-0.39, 0.29) is 12.5 Å².